The Hall–Kier alpha value is -1.47. The van der Waals surface area contributed by atoms with Crippen LogP contribution in [0.15, 0.2) is 18.2 Å². The average molecular weight is 394 g/mol. The molecule has 2 unspecified atom stereocenters. The van der Waals surface area contributed by atoms with Crippen molar-refractivity contribution in [2.24, 2.45) is 11.8 Å². The molecule has 26 heavy (non-hydrogen) atoms. The van der Waals surface area contributed by atoms with Crippen molar-refractivity contribution in [2.45, 2.75) is 38.8 Å². The van der Waals surface area contributed by atoms with Crippen molar-refractivity contribution >= 4 is 23.2 Å². The van der Waals surface area contributed by atoms with Crippen LogP contribution < -0.4 is 10.1 Å². The fourth-order valence-electron chi connectivity index (χ4n) is 3.06. The van der Waals surface area contributed by atoms with E-state index in [1.165, 1.54) is 0 Å². The van der Waals surface area contributed by atoms with Gasteiger partial charge >= 0.3 is 6.18 Å². The van der Waals surface area contributed by atoms with Crippen LogP contribution >= 0.6 is 11.6 Å². The van der Waals surface area contributed by atoms with Crippen molar-refractivity contribution in [1.82, 2.24) is 0 Å². The molecule has 0 heterocycles. The first kappa shape index (κ1) is 20.8. The molecule has 1 aliphatic rings. The maximum atomic E-state index is 12.9. The van der Waals surface area contributed by atoms with Crippen molar-refractivity contribution in [1.29, 1.82) is 0 Å². The van der Waals surface area contributed by atoms with E-state index in [2.05, 4.69) is 5.32 Å². The van der Waals surface area contributed by atoms with Gasteiger partial charge in [-0.05, 0) is 38.3 Å². The smallest absolute Gasteiger partial charge is 0.391 e. The molecule has 2 atom stereocenters. The second-order valence-electron chi connectivity index (χ2n) is 6.25. The van der Waals surface area contributed by atoms with Crippen LogP contribution in [0.25, 0.3) is 0 Å². The van der Waals surface area contributed by atoms with E-state index in [0.29, 0.717) is 42.5 Å². The van der Waals surface area contributed by atoms with Crippen molar-refractivity contribution in [3.63, 3.8) is 0 Å². The van der Waals surface area contributed by atoms with Crippen LogP contribution in [-0.4, -0.2) is 31.9 Å². The third-order valence-electron chi connectivity index (χ3n) is 4.41. The first-order valence-corrected chi connectivity index (χ1v) is 9.07. The van der Waals surface area contributed by atoms with Crippen molar-refractivity contribution in [3.05, 3.63) is 23.2 Å². The Morgan fingerprint density at radius 1 is 1.31 bits per heavy atom. The minimum absolute atomic E-state index is 0.0796. The predicted molar refractivity (Wildman–Crippen MR) is 93.6 cm³/mol. The largest absolute Gasteiger partial charge is 0.487 e. The Bertz CT molecular complexity index is 610. The van der Waals surface area contributed by atoms with E-state index in [-0.39, 0.29) is 19.4 Å². The Labute approximate surface area is 156 Å². The number of carbonyl (C=O) groups excluding carboxylic acids is 1. The summed E-state index contributed by atoms with van der Waals surface area (Å²) in [4.78, 5) is 12.5. The molecule has 1 amide bonds. The molecule has 1 fully saturated rings. The summed E-state index contributed by atoms with van der Waals surface area (Å²) in [6.45, 7) is 3.03. The average Bonchev–Trinajstić information content (AvgIpc) is 2.60. The molecule has 1 saturated carbocycles. The van der Waals surface area contributed by atoms with Gasteiger partial charge in [-0.15, -0.1) is 0 Å². The number of hydrogen-bond donors (Lipinski definition) is 1. The highest BCUT2D eigenvalue weighted by atomic mass is 35.5. The van der Waals surface area contributed by atoms with E-state index < -0.39 is 23.9 Å². The highest BCUT2D eigenvalue weighted by Gasteiger charge is 2.43. The monoisotopic (exact) mass is 393 g/mol. The summed E-state index contributed by atoms with van der Waals surface area (Å²) in [5, 5.41) is 2.99. The Morgan fingerprint density at radius 3 is 2.77 bits per heavy atom. The van der Waals surface area contributed by atoms with E-state index in [9.17, 15) is 18.0 Å². The van der Waals surface area contributed by atoms with Crippen molar-refractivity contribution < 1.29 is 27.4 Å². The second-order valence-corrected chi connectivity index (χ2v) is 6.66. The normalized spacial score (nSPS) is 20.7. The second kappa shape index (κ2) is 9.46. The Balaban J connectivity index is 2.03. The first-order chi connectivity index (χ1) is 12.3. The lowest BCUT2D eigenvalue weighted by Crippen LogP contribution is -2.34. The van der Waals surface area contributed by atoms with Crippen LogP contribution in [0.3, 0.4) is 0 Å². The number of hydrogen-bond acceptors (Lipinski definition) is 3. The number of carbonyl (C=O) groups is 1. The summed E-state index contributed by atoms with van der Waals surface area (Å²) in [5.41, 5.74) is 0.355. The van der Waals surface area contributed by atoms with Crippen LogP contribution in [0.2, 0.25) is 5.02 Å². The molecule has 1 N–H and O–H groups in total. The highest BCUT2D eigenvalue weighted by molar-refractivity contribution is 6.32. The van der Waals surface area contributed by atoms with Crippen LogP contribution in [0.5, 0.6) is 5.75 Å². The third kappa shape index (κ3) is 5.77. The summed E-state index contributed by atoms with van der Waals surface area (Å²) in [6.07, 6.45) is -3.54. The van der Waals surface area contributed by atoms with Gasteiger partial charge in [-0.3, -0.25) is 4.79 Å². The summed E-state index contributed by atoms with van der Waals surface area (Å²) in [7, 11) is 0. The summed E-state index contributed by atoms with van der Waals surface area (Å²) < 4.78 is 49.6. The maximum absolute atomic E-state index is 12.9. The van der Waals surface area contributed by atoms with Crippen LogP contribution in [0.1, 0.15) is 32.6 Å². The lowest BCUT2D eigenvalue weighted by Gasteiger charge is -2.29. The minimum atomic E-state index is -4.26. The molecule has 8 heteroatoms. The van der Waals surface area contributed by atoms with Crippen LogP contribution in [0, 0.1) is 11.8 Å². The molecule has 0 saturated heterocycles. The van der Waals surface area contributed by atoms with Gasteiger partial charge in [0.1, 0.15) is 6.61 Å². The zero-order valence-electron chi connectivity index (χ0n) is 14.6. The number of ether oxygens (including phenoxy) is 2. The highest BCUT2D eigenvalue weighted by Crippen LogP contribution is 2.41. The van der Waals surface area contributed by atoms with Gasteiger partial charge in [0.25, 0.3) is 0 Å². The van der Waals surface area contributed by atoms with Crippen LogP contribution in [-0.2, 0) is 9.53 Å². The SMILES string of the molecule is CCOCCOc1c(Cl)cccc1NC(=O)C1CCCC(C(F)(F)F)C1. The van der Waals surface area contributed by atoms with Gasteiger partial charge in [-0.2, -0.15) is 13.2 Å². The summed E-state index contributed by atoms with van der Waals surface area (Å²) in [5.74, 6) is -2.24. The van der Waals surface area contributed by atoms with E-state index >= 15 is 0 Å². The fraction of sp³-hybridized carbons (Fsp3) is 0.611. The molecule has 146 valence electrons. The zero-order valence-corrected chi connectivity index (χ0v) is 15.3. The van der Waals surface area contributed by atoms with E-state index in [1.54, 1.807) is 18.2 Å². The lowest BCUT2D eigenvalue weighted by molar-refractivity contribution is -0.185. The predicted octanol–water partition coefficient (Wildman–Crippen LogP) is 5.06. The minimum Gasteiger partial charge on any atom is -0.487 e. The number of alkyl halides is 3. The third-order valence-corrected chi connectivity index (χ3v) is 4.71. The molecule has 0 aromatic heterocycles. The lowest BCUT2D eigenvalue weighted by atomic mass is 9.80. The zero-order chi connectivity index (χ0) is 19.2. The van der Waals surface area contributed by atoms with Crippen LogP contribution in [0.4, 0.5) is 18.9 Å². The molecular weight excluding hydrogens is 371 g/mol. The summed E-state index contributed by atoms with van der Waals surface area (Å²) in [6, 6.07) is 4.88. The number of benzene rings is 1. The number of anilines is 1. The molecule has 2 rings (SSSR count). The number of nitrogens with one attached hydrogen (secondary N) is 1. The van der Waals surface area contributed by atoms with Crippen molar-refractivity contribution in [3.8, 4) is 5.75 Å². The van der Waals surface area contributed by atoms with Gasteiger partial charge in [0.15, 0.2) is 5.75 Å². The van der Waals surface area contributed by atoms with Crippen molar-refractivity contribution in [2.75, 3.05) is 25.1 Å². The van der Waals surface area contributed by atoms with Gasteiger partial charge in [-0.25, -0.2) is 0 Å². The topological polar surface area (TPSA) is 47.6 Å². The molecular formula is C18H23ClF3NO3. The van der Waals surface area contributed by atoms with Gasteiger partial charge in [0.2, 0.25) is 5.91 Å². The van der Waals surface area contributed by atoms with Gasteiger partial charge < -0.3 is 14.8 Å². The molecule has 1 aromatic carbocycles. The maximum Gasteiger partial charge on any atom is 0.391 e. The standard InChI is InChI=1S/C18H23ClF3NO3/c1-2-25-9-10-26-16-14(19)7-4-8-15(16)23-17(24)12-5-3-6-13(11-12)18(20,21)22/h4,7-8,12-13H,2-3,5-6,9-11H2,1H3,(H,23,24). The molecule has 0 spiro atoms. The van der Waals surface area contributed by atoms with Gasteiger partial charge in [0, 0.05) is 12.5 Å². The fourth-order valence-corrected chi connectivity index (χ4v) is 3.29. The van der Waals surface area contributed by atoms with Gasteiger partial charge in [-0.1, -0.05) is 24.1 Å². The number of rotatable bonds is 7. The Kier molecular flexibility index (Phi) is 7.58. The molecule has 4 nitrogen and oxygen atoms in total. The number of para-hydroxylation sites is 1. The molecule has 1 aromatic rings. The molecule has 1 aliphatic carbocycles. The molecule has 0 bridgehead atoms. The van der Waals surface area contributed by atoms with E-state index in [0.717, 1.165) is 0 Å². The van der Waals surface area contributed by atoms with Gasteiger partial charge in [0.05, 0.1) is 23.2 Å². The molecule has 0 radical (unpaired) electrons. The quantitative estimate of drug-likeness (QED) is 0.658. The number of amides is 1. The Morgan fingerprint density at radius 2 is 2.08 bits per heavy atom. The first-order valence-electron chi connectivity index (χ1n) is 8.69. The summed E-state index contributed by atoms with van der Waals surface area (Å²) >= 11 is 6.13. The van der Waals surface area contributed by atoms with E-state index in [4.69, 9.17) is 21.1 Å². The van der Waals surface area contributed by atoms with E-state index in [1.807, 2.05) is 6.92 Å². The molecule has 0 aliphatic heterocycles. The number of halogens is 4.